The van der Waals surface area contributed by atoms with E-state index in [1.165, 1.54) is 0 Å². The van der Waals surface area contributed by atoms with Crippen molar-refractivity contribution in [1.29, 1.82) is 0 Å². The zero-order chi connectivity index (χ0) is 12.2. The topological polar surface area (TPSA) is 51.8 Å². The van der Waals surface area contributed by atoms with Gasteiger partial charge in [-0.2, -0.15) is 17.5 Å². The van der Waals surface area contributed by atoms with Gasteiger partial charge in [-0.1, -0.05) is 18.7 Å². The quantitative estimate of drug-likeness (QED) is 0.836. The molecular formula is C8H12F3N3S2. The van der Waals surface area contributed by atoms with Gasteiger partial charge < -0.3 is 5.73 Å². The Balaban J connectivity index is 2.67. The number of nitrogens with zero attached hydrogens (tertiary/aromatic N) is 2. The smallest absolute Gasteiger partial charge is 0.330 e. The second kappa shape index (κ2) is 5.83. The van der Waals surface area contributed by atoms with Crippen LogP contribution in [-0.2, 0) is 6.42 Å². The fourth-order valence-electron chi connectivity index (χ4n) is 0.992. The van der Waals surface area contributed by atoms with Crippen molar-refractivity contribution < 1.29 is 13.2 Å². The molecule has 0 fully saturated rings. The molecule has 0 aliphatic carbocycles. The van der Waals surface area contributed by atoms with Crippen LogP contribution in [0, 0.1) is 0 Å². The summed E-state index contributed by atoms with van der Waals surface area (Å²) in [5.41, 5.74) is 5.17. The van der Waals surface area contributed by atoms with E-state index < -0.39 is 11.4 Å². The molecule has 8 heteroatoms. The van der Waals surface area contributed by atoms with Gasteiger partial charge in [0.05, 0.1) is 0 Å². The van der Waals surface area contributed by atoms with Crippen molar-refractivity contribution in [3.05, 3.63) is 5.82 Å². The minimum atomic E-state index is -4.25. The molecule has 0 amide bonds. The van der Waals surface area contributed by atoms with Gasteiger partial charge in [0.1, 0.15) is 11.1 Å². The predicted octanol–water partition coefficient (Wildman–Crippen LogP) is 2.47. The minimum absolute atomic E-state index is 0.0105. The van der Waals surface area contributed by atoms with Crippen molar-refractivity contribution in [1.82, 2.24) is 9.36 Å². The number of alkyl halides is 3. The molecule has 1 aromatic rings. The second-order valence-corrected chi connectivity index (χ2v) is 5.26. The van der Waals surface area contributed by atoms with Gasteiger partial charge in [-0.3, -0.25) is 0 Å². The number of aromatic nitrogens is 2. The zero-order valence-electron chi connectivity index (χ0n) is 8.62. The predicted molar refractivity (Wildman–Crippen MR) is 58.7 cm³/mol. The summed E-state index contributed by atoms with van der Waals surface area (Å²) < 4.78 is 42.0. The largest absolute Gasteiger partial charge is 0.401 e. The molecule has 0 aliphatic rings. The first-order chi connectivity index (χ1) is 7.47. The van der Waals surface area contributed by atoms with Crippen LogP contribution >= 0.6 is 23.3 Å². The molecule has 0 aromatic carbocycles. The van der Waals surface area contributed by atoms with E-state index in [9.17, 15) is 13.2 Å². The number of rotatable bonds is 5. The van der Waals surface area contributed by atoms with Gasteiger partial charge in [0.2, 0.25) is 0 Å². The summed E-state index contributed by atoms with van der Waals surface area (Å²) in [7, 11) is 0. The van der Waals surface area contributed by atoms with Crippen molar-refractivity contribution in [2.75, 3.05) is 6.54 Å². The molecule has 1 heterocycles. The Labute approximate surface area is 99.8 Å². The Morgan fingerprint density at radius 1 is 1.50 bits per heavy atom. The molecule has 0 aliphatic heterocycles. The lowest BCUT2D eigenvalue weighted by Crippen LogP contribution is -2.28. The normalized spacial score (nSPS) is 14.1. The van der Waals surface area contributed by atoms with Crippen LogP contribution in [0.1, 0.15) is 19.2 Å². The molecule has 0 radical (unpaired) electrons. The molecule has 0 saturated carbocycles. The summed E-state index contributed by atoms with van der Waals surface area (Å²) in [6.45, 7) is 1.87. The van der Waals surface area contributed by atoms with Crippen molar-refractivity contribution in [3.8, 4) is 0 Å². The summed E-state index contributed by atoms with van der Waals surface area (Å²) in [6, 6.07) is 0. The number of hydrogen-bond donors (Lipinski definition) is 1. The van der Waals surface area contributed by atoms with Gasteiger partial charge in [0.25, 0.3) is 0 Å². The summed E-state index contributed by atoms with van der Waals surface area (Å²) >= 11 is 1.70. The maximum absolute atomic E-state index is 12.6. The molecule has 0 bridgehead atoms. The van der Waals surface area contributed by atoms with Crippen LogP contribution in [0.2, 0.25) is 0 Å². The average molecular weight is 271 g/mol. The summed E-state index contributed by atoms with van der Waals surface area (Å²) in [4.78, 5) is 3.99. The summed E-state index contributed by atoms with van der Waals surface area (Å²) in [5, 5.41) is -1.49. The Kier molecular flexibility index (Phi) is 5.00. The zero-order valence-corrected chi connectivity index (χ0v) is 10.3. The van der Waals surface area contributed by atoms with Gasteiger partial charge in [0, 0.05) is 6.42 Å². The SMILES string of the molecule is CCc1nsc(SC(CCN)C(F)(F)F)n1. The van der Waals surface area contributed by atoms with Gasteiger partial charge >= 0.3 is 6.18 Å². The number of nitrogens with two attached hydrogens (primary N) is 1. The number of aryl methyl sites for hydroxylation is 1. The van der Waals surface area contributed by atoms with Crippen LogP contribution in [0.3, 0.4) is 0 Å². The molecule has 3 nitrogen and oxygen atoms in total. The number of halogens is 3. The Morgan fingerprint density at radius 2 is 2.19 bits per heavy atom. The molecule has 1 rings (SSSR count). The van der Waals surface area contributed by atoms with Gasteiger partial charge in [-0.05, 0) is 24.5 Å². The molecule has 2 N–H and O–H groups in total. The maximum atomic E-state index is 12.6. The standard InChI is InChI=1S/C8H12F3N3S2/c1-2-6-13-7(16-14-6)15-5(3-4-12)8(9,10)11/h5H,2-4,12H2,1H3. The maximum Gasteiger partial charge on any atom is 0.401 e. The first-order valence-electron chi connectivity index (χ1n) is 4.73. The van der Waals surface area contributed by atoms with Crippen molar-refractivity contribution in [2.45, 2.75) is 35.5 Å². The van der Waals surface area contributed by atoms with E-state index in [0.29, 0.717) is 28.3 Å². The van der Waals surface area contributed by atoms with Gasteiger partial charge in [-0.15, -0.1) is 0 Å². The van der Waals surface area contributed by atoms with Crippen molar-refractivity contribution in [2.24, 2.45) is 5.73 Å². The lowest BCUT2D eigenvalue weighted by molar-refractivity contribution is -0.129. The number of thioether (sulfide) groups is 1. The van der Waals surface area contributed by atoms with Gasteiger partial charge in [-0.25, -0.2) is 4.98 Å². The van der Waals surface area contributed by atoms with Gasteiger partial charge in [0.15, 0.2) is 4.34 Å². The van der Waals surface area contributed by atoms with Crippen LogP contribution in [0.5, 0.6) is 0 Å². The van der Waals surface area contributed by atoms with Crippen molar-refractivity contribution >= 4 is 23.3 Å². The van der Waals surface area contributed by atoms with E-state index in [1.807, 2.05) is 6.92 Å². The van der Waals surface area contributed by atoms with E-state index in [2.05, 4.69) is 9.36 Å². The second-order valence-electron chi connectivity index (χ2n) is 3.06. The fourth-order valence-corrected chi connectivity index (χ4v) is 2.91. The first kappa shape index (κ1) is 13.7. The molecule has 92 valence electrons. The highest BCUT2D eigenvalue weighted by Crippen LogP contribution is 2.37. The molecule has 16 heavy (non-hydrogen) atoms. The Morgan fingerprint density at radius 3 is 2.62 bits per heavy atom. The van der Waals surface area contributed by atoms with E-state index in [0.717, 1.165) is 11.5 Å². The molecule has 1 aromatic heterocycles. The van der Waals surface area contributed by atoms with Crippen LogP contribution in [0.4, 0.5) is 13.2 Å². The third-order valence-electron chi connectivity index (χ3n) is 1.80. The molecule has 0 saturated heterocycles. The third kappa shape index (κ3) is 3.91. The van der Waals surface area contributed by atoms with E-state index >= 15 is 0 Å². The molecular weight excluding hydrogens is 259 g/mol. The van der Waals surface area contributed by atoms with Crippen LogP contribution in [-0.4, -0.2) is 27.3 Å². The average Bonchev–Trinajstić information content (AvgIpc) is 2.63. The van der Waals surface area contributed by atoms with Crippen LogP contribution < -0.4 is 5.73 Å². The lowest BCUT2D eigenvalue weighted by atomic mass is 10.3. The van der Waals surface area contributed by atoms with Crippen LogP contribution in [0.25, 0.3) is 0 Å². The highest BCUT2D eigenvalue weighted by Gasteiger charge is 2.40. The highest BCUT2D eigenvalue weighted by molar-refractivity contribution is 8.01. The molecule has 1 atom stereocenters. The third-order valence-corrected chi connectivity index (χ3v) is 3.94. The fraction of sp³-hybridized carbons (Fsp3) is 0.750. The molecule has 1 unspecified atom stereocenters. The highest BCUT2D eigenvalue weighted by atomic mass is 32.2. The van der Waals surface area contributed by atoms with E-state index in [4.69, 9.17) is 5.73 Å². The number of hydrogen-bond acceptors (Lipinski definition) is 5. The van der Waals surface area contributed by atoms with E-state index in [-0.39, 0.29) is 13.0 Å². The van der Waals surface area contributed by atoms with E-state index in [1.54, 1.807) is 0 Å². The first-order valence-corrected chi connectivity index (χ1v) is 6.38. The summed E-state index contributed by atoms with van der Waals surface area (Å²) in [6.07, 6.45) is -3.72. The Bertz CT molecular complexity index is 327. The lowest BCUT2D eigenvalue weighted by Gasteiger charge is -2.17. The monoisotopic (exact) mass is 271 g/mol. The summed E-state index contributed by atoms with van der Waals surface area (Å²) in [5.74, 6) is 0.584. The molecule has 0 spiro atoms. The van der Waals surface area contributed by atoms with Crippen molar-refractivity contribution in [3.63, 3.8) is 0 Å². The Hall–Kier alpha value is -0.340. The van der Waals surface area contributed by atoms with Crippen LogP contribution in [0.15, 0.2) is 4.34 Å². The minimum Gasteiger partial charge on any atom is -0.330 e.